The van der Waals surface area contributed by atoms with Crippen molar-refractivity contribution < 1.29 is 28.8 Å². The van der Waals surface area contributed by atoms with Gasteiger partial charge in [-0.3, -0.25) is 33.8 Å². The summed E-state index contributed by atoms with van der Waals surface area (Å²) in [5.74, 6) is -2.91. The molecule has 0 aliphatic carbocycles. The fourth-order valence-corrected chi connectivity index (χ4v) is 5.53. The Balaban J connectivity index is 1.75. The number of aliphatic imine (C=N–C) groups is 1. The number of thiazole rings is 1. The van der Waals surface area contributed by atoms with Crippen molar-refractivity contribution in [2.24, 2.45) is 16.5 Å². The number of ketones is 2. The molecule has 2 heterocycles. The lowest BCUT2D eigenvalue weighted by molar-refractivity contribution is -0.132. The van der Waals surface area contributed by atoms with Crippen LogP contribution in [0, 0.1) is 0 Å². The Kier molecular flexibility index (Phi) is 12.5. The Morgan fingerprint density at radius 1 is 1.12 bits per heavy atom. The molecule has 1 aliphatic rings. The number of nitrogens with two attached hydrogens (primary N) is 2. The predicted molar refractivity (Wildman–Crippen MR) is 161 cm³/mol. The zero-order valence-corrected chi connectivity index (χ0v) is 24.8. The number of carbonyl (C=O) groups is 6. The molecule has 1 fully saturated rings. The summed E-state index contributed by atoms with van der Waals surface area (Å²) >= 11 is 1.22. The van der Waals surface area contributed by atoms with E-state index in [4.69, 9.17) is 11.5 Å². The monoisotopic (exact) mass is 614 g/mol. The van der Waals surface area contributed by atoms with Gasteiger partial charge < -0.3 is 32.7 Å². The van der Waals surface area contributed by atoms with Gasteiger partial charge in [-0.15, -0.1) is 11.3 Å². The minimum absolute atomic E-state index is 0.0846. The molecule has 14 nitrogen and oxygen atoms in total. The number of carbonyl (C=O) groups excluding carboxylic acids is 6. The summed E-state index contributed by atoms with van der Waals surface area (Å²) in [7, 11) is 0. The van der Waals surface area contributed by atoms with Crippen LogP contribution in [-0.4, -0.2) is 77.4 Å². The maximum Gasteiger partial charge on any atom is 0.243 e. The van der Waals surface area contributed by atoms with Gasteiger partial charge >= 0.3 is 0 Å². The Morgan fingerprint density at radius 2 is 1.88 bits per heavy atom. The summed E-state index contributed by atoms with van der Waals surface area (Å²) in [5, 5.41) is 10.9. The van der Waals surface area contributed by atoms with Crippen LogP contribution in [0.3, 0.4) is 0 Å². The van der Waals surface area contributed by atoms with Gasteiger partial charge in [-0.1, -0.05) is 12.1 Å². The van der Waals surface area contributed by atoms with Crippen LogP contribution in [-0.2, 0) is 24.0 Å². The average molecular weight is 615 g/mol. The summed E-state index contributed by atoms with van der Waals surface area (Å²) in [6.45, 7) is 1.77. The van der Waals surface area contributed by atoms with Gasteiger partial charge in [0.2, 0.25) is 29.4 Å². The lowest BCUT2D eigenvalue weighted by atomic mass is 10.0. The molecule has 1 saturated heterocycles. The fraction of sp³-hybridized carbons (Fsp3) is 0.500. The number of aromatic nitrogens is 1. The summed E-state index contributed by atoms with van der Waals surface area (Å²) in [4.78, 5) is 84.7. The van der Waals surface area contributed by atoms with E-state index in [1.807, 2.05) is 18.2 Å². The van der Waals surface area contributed by atoms with Crippen molar-refractivity contribution in [2.45, 2.75) is 76.4 Å². The Bertz CT molecular complexity index is 1340. The second-order valence-corrected chi connectivity index (χ2v) is 11.3. The first kappa shape index (κ1) is 33.1. The molecular formula is C28H38N8O6S. The number of rotatable bonds is 9. The van der Waals surface area contributed by atoms with Crippen molar-refractivity contribution in [1.29, 1.82) is 0 Å². The van der Waals surface area contributed by atoms with Crippen molar-refractivity contribution in [3.05, 3.63) is 29.3 Å². The number of hydrogen-bond acceptors (Lipinski definition) is 9. The largest absolute Gasteiger partial charge is 0.370 e. The van der Waals surface area contributed by atoms with Gasteiger partial charge in [0.05, 0.1) is 28.7 Å². The van der Waals surface area contributed by atoms with Crippen molar-refractivity contribution in [3.63, 3.8) is 0 Å². The maximum atomic E-state index is 13.5. The molecule has 0 spiro atoms. The molecule has 1 aromatic heterocycles. The standard InChI is InChI=1S/C28H38N8O6S/c1-16(37)33-20-15-24(40)31-13-5-4-8-19(34-23(39)12-11-21(20)38)26(42)35-18(9-6-14-32-28(29)30)25(41)27-36-17-7-2-3-10-22(17)43-27/h2-3,7,10,18-20H,4-6,8-9,11-15H2,1H3,(H,31,40)(H,33,37)(H,34,39)(H,35,42)(H4,29,30,32)/t18-,19-,20-/m0/s1. The molecule has 2 aromatic rings. The van der Waals surface area contributed by atoms with Crippen LogP contribution < -0.4 is 32.7 Å². The second kappa shape index (κ2) is 16.3. The molecule has 4 amide bonds. The summed E-state index contributed by atoms with van der Waals surface area (Å²) in [6.07, 6.45) is 1.14. The normalized spacial score (nSPS) is 19.3. The number of nitrogens with one attached hydrogen (secondary N) is 4. The number of hydrogen-bond donors (Lipinski definition) is 6. The molecule has 8 N–H and O–H groups in total. The lowest BCUT2D eigenvalue weighted by Crippen LogP contribution is -2.52. The van der Waals surface area contributed by atoms with Gasteiger partial charge in [0.1, 0.15) is 6.04 Å². The minimum Gasteiger partial charge on any atom is -0.370 e. The topological polar surface area (TPSA) is 228 Å². The fourth-order valence-electron chi connectivity index (χ4n) is 4.57. The highest BCUT2D eigenvalue weighted by molar-refractivity contribution is 7.20. The Morgan fingerprint density at radius 3 is 2.60 bits per heavy atom. The third-order valence-electron chi connectivity index (χ3n) is 6.73. The summed E-state index contributed by atoms with van der Waals surface area (Å²) in [6, 6.07) is 4.32. The molecular weight excluding hydrogens is 576 g/mol. The van der Waals surface area contributed by atoms with Crippen LogP contribution in [0.5, 0.6) is 0 Å². The van der Waals surface area contributed by atoms with Gasteiger partial charge in [0.15, 0.2) is 16.8 Å². The third-order valence-corrected chi connectivity index (χ3v) is 7.78. The molecule has 0 saturated carbocycles. The van der Waals surface area contributed by atoms with Crippen molar-refractivity contribution in [2.75, 3.05) is 13.1 Å². The van der Waals surface area contributed by atoms with Crippen LogP contribution in [0.2, 0.25) is 0 Å². The molecule has 0 unspecified atom stereocenters. The molecule has 0 bridgehead atoms. The molecule has 0 radical (unpaired) electrons. The predicted octanol–water partition coefficient (Wildman–Crippen LogP) is 0.0464. The van der Waals surface area contributed by atoms with E-state index in [-0.39, 0.29) is 61.9 Å². The Labute approximate surface area is 252 Å². The molecule has 1 aliphatic heterocycles. The first-order chi connectivity index (χ1) is 20.5. The number of para-hydroxylation sites is 1. The van der Waals surface area contributed by atoms with E-state index in [1.54, 1.807) is 6.07 Å². The van der Waals surface area contributed by atoms with Gasteiger partial charge in [-0.05, 0) is 44.2 Å². The molecule has 43 heavy (non-hydrogen) atoms. The quantitative estimate of drug-likeness (QED) is 0.0968. The van der Waals surface area contributed by atoms with Crippen molar-refractivity contribution in [3.8, 4) is 0 Å². The van der Waals surface area contributed by atoms with E-state index in [0.29, 0.717) is 24.8 Å². The van der Waals surface area contributed by atoms with Crippen LogP contribution in [0.15, 0.2) is 29.3 Å². The van der Waals surface area contributed by atoms with Gasteiger partial charge in [0.25, 0.3) is 0 Å². The van der Waals surface area contributed by atoms with Gasteiger partial charge in [-0.25, -0.2) is 4.98 Å². The average Bonchev–Trinajstić information content (AvgIpc) is 3.39. The van der Waals surface area contributed by atoms with Crippen LogP contribution in [0.25, 0.3) is 10.2 Å². The minimum atomic E-state index is -1.06. The highest BCUT2D eigenvalue weighted by Crippen LogP contribution is 2.23. The van der Waals surface area contributed by atoms with Crippen LogP contribution in [0.4, 0.5) is 0 Å². The second-order valence-electron chi connectivity index (χ2n) is 10.3. The summed E-state index contributed by atoms with van der Waals surface area (Å²) in [5.41, 5.74) is 11.5. The number of fused-ring (bicyclic) bond motifs is 1. The zero-order valence-electron chi connectivity index (χ0n) is 24.0. The first-order valence-corrected chi connectivity index (χ1v) is 15.0. The first-order valence-electron chi connectivity index (χ1n) is 14.1. The highest BCUT2D eigenvalue weighted by atomic mass is 32.1. The van der Waals surface area contributed by atoms with E-state index in [1.165, 1.54) is 18.3 Å². The molecule has 3 atom stereocenters. The number of nitrogens with zero attached hydrogens (tertiary/aromatic N) is 2. The molecule has 15 heteroatoms. The van der Waals surface area contributed by atoms with Crippen molar-refractivity contribution in [1.82, 2.24) is 26.3 Å². The molecule has 232 valence electrons. The van der Waals surface area contributed by atoms with Crippen LogP contribution in [0.1, 0.15) is 68.1 Å². The maximum absolute atomic E-state index is 13.5. The number of guanidine groups is 1. The highest BCUT2D eigenvalue weighted by Gasteiger charge is 2.30. The molecule has 1 aromatic carbocycles. The van der Waals surface area contributed by atoms with E-state index in [9.17, 15) is 28.8 Å². The zero-order chi connectivity index (χ0) is 31.4. The van der Waals surface area contributed by atoms with Gasteiger partial charge in [-0.2, -0.15) is 0 Å². The van der Waals surface area contributed by atoms with E-state index < -0.39 is 47.5 Å². The SMILES string of the molecule is CC(=O)N[C@H]1CC(=O)NCCCC[C@@H](C(=O)N[C@@H](CCCN=C(N)N)C(=O)c2nc3ccccc3s2)NC(=O)CCC1=O. The van der Waals surface area contributed by atoms with Crippen molar-refractivity contribution >= 4 is 62.7 Å². The smallest absolute Gasteiger partial charge is 0.243 e. The molecule has 3 rings (SSSR count). The summed E-state index contributed by atoms with van der Waals surface area (Å²) < 4.78 is 0.831. The van der Waals surface area contributed by atoms with E-state index in [0.717, 1.165) is 4.70 Å². The number of benzene rings is 1. The lowest BCUT2D eigenvalue weighted by Gasteiger charge is -2.23. The van der Waals surface area contributed by atoms with Gasteiger partial charge in [0, 0.05) is 32.9 Å². The van der Waals surface area contributed by atoms with E-state index in [2.05, 4.69) is 31.2 Å². The Hall–Kier alpha value is -4.40. The third kappa shape index (κ3) is 10.7. The van der Waals surface area contributed by atoms with E-state index >= 15 is 0 Å². The van der Waals surface area contributed by atoms with Crippen LogP contribution >= 0.6 is 11.3 Å². The number of amides is 4. The number of Topliss-reactive ketones (excluding diaryl/α,β-unsaturated/α-hetero) is 2.